The lowest BCUT2D eigenvalue weighted by Crippen LogP contribution is -2.11. The summed E-state index contributed by atoms with van der Waals surface area (Å²) >= 11 is 4.41. The molecule has 0 saturated heterocycles. The summed E-state index contributed by atoms with van der Waals surface area (Å²) in [5.74, 6) is 0.609. The van der Waals surface area contributed by atoms with Crippen LogP contribution in [-0.4, -0.2) is 26.8 Å². The van der Waals surface area contributed by atoms with Gasteiger partial charge in [-0.3, -0.25) is 4.79 Å². The highest BCUT2D eigenvalue weighted by atomic mass is 32.2. The highest BCUT2D eigenvalue weighted by Crippen LogP contribution is 2.27. The van der Waals surface area contributed by atoms with Crippen LogP contribution in [0.25, 0.3) is 10.2 Å². The SMILES string of the molecule is Nc1ccc2nc(NC(=O)CCSc3nncs3)sc2c1. The first-order chi connectivity index (χ1) is 10.2. The molecule has 108 valence electrons. The fourth-order valence-electron chi connectivity index (χ4n) is 1.63. The zero-order valence-corrected chi connectivity index (χ0v) is 13.2. The molecule has 0 saturated carbocycles. The monoisotopic (exact) mass is 337 g/mol. The second-order valence-electron chi connectivity index (χ2n) is 4.10. The van der Waals surface area contributed by atoms with Crippen LogP contribution in [0, 0.1) is 0 Å². The molecule has 3 rings (SSSR count). The van der Waals surface area contributed by atoms with E-state index in [1.807, 2.05) is 12.1 Å². The van der Waals surface area contributed by atoms with Crippen LogP contribution >= 0.6 is 34.4 Å². The van der Waals surface area contributed by atoms with Crippen LogP contribution in [0.5, 0.6) is 0 Å². The summed E-state index contributed by atoms with van der Waals surface area (Å²) in [6, 6.07) is 5.50. The molecule has 2 aromatic heterocycles. The zero-order valence-electron chi connectivity index (χ0n) is 10.8. The van der Waals surface area contributed by atoms with Gasteiger partial charge in [0.2, 0.25) is 5.91 Å². The summed E-state index contributed by atoms with van der Waals surface area (Å²) in [6.45, 7) is 0. The van der Waals surface area contributed by atoms with Crippen molar-refractivity contribution in [3.05, 3.63) is 23.7 Å². The topological polar surface area (TPSA) is 93.8 Å². The Kier molecular flexibility index (Phi) is 4.32. The van der Waals surface area contributed by atoms with Crippen LogP contribution < -0.4 is 11.1 Å². The average molecular weight is 337 g/mol. The molecule has 0 aliphatic rings. The molecule has 3 N–H and O–H groups in total. The number of nitrogen functional groups attached to an aromatic ring is 1. The summed E-state index contributed by atoms with van der Waals surface area (Å²) in [4.78, 5) is 16.2. The Labute approximate surface area is 132 Å². The zero-order chi connectivity index (χ0) is 14.7. The van der Waals surface area contributed by atoms with Gasteiger partial charge in [-0.2, -0.15) is 0 Å². The molecule has 1 amide bonds. The lowest BCUT2D eigenvalue weighted by molar-refractivity contribution is -0.115. The number of benzene rings is 1. The van der Waals surface area contributed by atoms with E-state index in [-0.39, 0.29) is 5.91 Å². The molecule has 2 heterocycles. The lowest BCUT2D eigenvalue weighted by Gasteiger charge is -1.99. The number of hydrogen-bond donors (Lipinski definition) is 2. The van der Waals surface area contributed by atoms with Crippen molar-refractivity contribution in [3.8, 4) is 0 Å². The molecular weight excluding hydrogens is 326 g/mol. The van der Waals surface area contributed by atoms with Gasteiger partial charge in [-0.25, -0.2) is 4.98 Å². The van der Waals surface area contributed by atoms with E-state index in [2.05, 4.69) is 20.5 Å². The van der Waals surface area contributed by atoms with Gasteiger partial charge >= 0.3 is 0 Å². The summed E-state index contributed by atoms with van der Waals surface area (Å²) in [5, 5.41) is 11.1. The second-order valence-corrected chi connectivity index (χ2v) is 7.30. The Morgan fingerprint density at radius 2 is 2.33 bits per heavy atom. The smallest absolute Gasteiger partial charge is 0.226 e. The number of anilines is 2. The third kappa shape index (κ3) is 3.69. The Bertz CT molecular complexity index is 755. The number of amides is 1. The van der Waals surface area contributed by atoms with Gasteiger partial charge < -0.3 is 11.1 Å². The van der Waals surface area contributed by atoms with Crippen LogP contribution in [0.15, 0.2) is 28.0 Å². The minimum Gasteiger partial charge on any atom is -0.399 e. The number of fused-ring (bicyclic) bond motifs is 1. The fraction of sp³-hybridized carbons (Fsp3) is 0.167. The molecule has 0 unspecified atom stereocenters. The number of nitrogens with one attached hydrogen (secondary N) is 1. The van der Waals surface area contributed by atoms with Gasteiger partial charge in [0.15, 0.2) is 9.47 Å². The quantitative estimate of drug-likeness (QED) is 0.549. The molecule has 1 aromatic carbocycles. The maximum atomic E-state index is 11.9. The van der Waals surface area contributed by atoms with E-state index >= 15 is 0 Å². The van der Waals surface area contributed by atoms with Crippen LogP contribution in [-0.2, 0) is 4.79 Å². The summed E-state index contributed by atoms with van der Waals surface area (Å²) in [6.07, 6.45) is 0.405. The molecule has 9 heteroatoms. The average Bonchev–Trinajstić information content (AvgIpc) is 3.07. The van der Waals surface area contributed by atoms with Crippen molar-refractivity contribution in [2.75, 3.05) is 16.8 Å². The maximum Gasteiger partial charge on any atom is 0.226 e. The number of carbonyl (C=O) groups is 1. The number of thiazole rings is 1. The molecule has 0 fully saturated rings. The first-order valence-corrected chi connectivity index (χ1v) is 8.74. The first-order valence-electron chi connectivity index (χ1n) is 6.05. The largest absolute Gasteiger partial charge is 0.399 e. The number of thioether (sulfide) groups is 1. The van der Waals surface area contributed by atoms with Gasteiger partial charge in [0.25, 0.3) is 0 Å². The maximum absolute atomic E-state index is 11.9. The fourth-order valence-corrected chi connectivity index (χ4v) is 4.06. The standard InChI is InChI=1S/C12H11N5OS3/c13-7-1-2-8-9(5-7)21-11(15-8)16-10(18)3-4-19-12-17-14-6-20-12/h1-2,5-6H,3-4,13H2,(H,15,16,18). The van der Waals surface area contributed by atoms with Gasteiger partial charge in [0, 0.05) is 17.9 Å². The van der Waals surface area contributed by atoms with E-state index < -0.39 is 0 Å². The number of rotatable bonds is 5. The van der Waals surface area contributed by atoms with Crippen molar-refractivity contribution in [2.45, 2.75) is 10.8 Å². The normalized spacial score (nSPS) is 10.9. The van der Waals surface area contributed by atoms with Crippen molar-refractivity contribution >= 4 is 61.4 Å². The minimum atomic E-state index is -0.0564. The van der Waals surface area contributed by atoms with E-state index in [1.54, 1.807) is 11.6 Å². The number of carbonyl (C=O) groups excluding carboxylic acids is 1. The van der Waals surface area contributed by atoms with Crippen LogP contribution in [0.3, 0.4) is 0 Å². The molecule has 0 atom stereocenters. The third-order valence-corrected chi connectivity index (χ3v) is 5.35. The predicted molar refractivity (Wildman–Crippen MR) is 87.9 cm³/mol. The van der Waals surface area contributed by atoms with Crippen molar-refractivity contribution in [3.63, 3.8) is 0 Å². The van der Waals surface area contributed by atoms with E-state index in [0.29, 0.717) is 23.0 Å². The molecule has 21 heavy (non-hydrogen) atoms. The van der Waals surface area contributed by atoms with Crippen LogP contribution in [0.2, 0.25) is 0 Å². The van der Waals surface area contributed by atoms with E-state index in [4.69, 9.17) is 5.73 Å². The second kappa shape index (κ2) is 6.37. The molecule has 0 radical (unpaired) electrons. The number of aromatic nitrogens is 3. The molecule has 3 aromatic rings. The lowest BCUT2D eigenvalue weighted by atomic mass is 10.3. The van der Waals surface area contributed by atoms with Gasteiger partial charge in [-0.15, -0.1) is 10.2 Å². The van der Waals surface area contributed by atoms with Crippen molar-refractivity contribution in [1.82, 2.24) is 15.2 Å². The van der Waals surface area contributed by atoms with Gasteiger partial charge in [-0.1, -0.05) is 34.4 Å². The predicted octanol–water partition coefficient (Wildman–Crippen LogP) is 2.85. The molecule has 0 aliphatic carbocycles. The van der Waals surface area contributed by atoms with Gasteiger partial charge in [-0.05, 0) is 18.2 Å². The Morgan fingerprint density at radius 1 is 1.43 bits per heavy atom. The van der Waals surface area contributed by atoms with Gasteiger partial charge in [0.1, 0.15) is 5.51 Å². The summed E-state index contributed by atoms with van der Waals surface area (Å²) in [7, 11) is 0. The third-order valence-electron chi connectivity index (χ3n) is 2.55. The summed E-state index contributed by atoms with van der Waals surface area (Å²) < 4.78 is 1.84. The molecule has 0 bridgehead atoms. The number of nitrogens with two attached hydrogens (primary N) is 1. The highest BCUT2D eigenvalue weighted by Gasteiger charge is 2.08. The van der Waals surface area contributed by atoms with E-state index in [9.17, 15) is 4.79 Å². The van der Waals surface area contributed by atoms with Crippen LogP contribution in [0.1, 0.15) is 6.42 Å². The van der Waals surface area contributed by atoms with Crippen molar-refractivity contribution in [2.24, 2.45) is 0 Å². The number of hydrogen-bond acceptors (Lipinski definition) is 8. The molecule has 6 nitrogen and oxygen atoms in total. The minimum absolute atomic E-state index is 0.0564. The highest BCUT2D eigenvalue weighted by molar-refractivity contribution is 8.01. The summed E-state index contributed by atoms with van der Waals surface area (Å²) in [5.41, 5.74) is 8.93. The molecule has 0 aliphatic heterocycles. The van der Waals surface area contributed by atoms with E-state index in [0.717, 1.165) is 14.6 Å². The Balaban J connectivity index is 1.55. The Morgan fingerprint density at radius 3 is 3.14 bits per heavy atom. The van der Waals surface area contributed by atoms with Crippen LogP contribution in [0.4, 0.5) is 10.8 Å². The first kappa shape index (κ1) is 14.2. The van der Waals surface area contributed by atoms with Crippen molar-refractivity contribution in [1.29, 1.82) is 0 Å². The Hall–Kier alpha value is -1.71. The van der Waals surface area contributed by atoms with E-state index in [1.165, 1.54) is 34.4 Å². The molecular formula is C12H11N5OS3. The van der Waals surface area contributed by atoms with Gasteiger partial charge in [0.05, 0.1) is 10.2 Å². The number of nitrogens with zero attached hydrogens (tertiary/aromatic N) is 3. The van der Waals surface area contributed by atoms with Crippen molar-refractivity contribution < 1.29 is 4.79 Å². The molecule has 0 spiro atoms.